The summed E-state index contributed by atoms with van der Waals surface area (Å²) < 4.78 is 0. The number of hydrogen-bond donors (Lipinski definition) is 1. The number of carbonyl (C=O) groups excluding carboxylic acids is 2. The van der Waals surface area contributed by atoms with Gasteiger partial charge in [-0.15, -0.1) is 0 Å². The maximum atomic E-state index is 12.4. The standard InChI is InChI=1S/C15H21N3O2/c1-3-4-8-17-14(20)15(2)7-11-18(15)13(19)12-5-9-16-10-6-12/h5-6,9-10H,3-4,7-8,11H2,1-2H3,(H,17,20). The van der Waals surface area contributed by atoms with Crippen LogP contribution in [0.1, 0.15) is 43.5 Å². The molecule has 1 atom stereocenters. The van der Waals surface area contributed by atoms with Crippen LogP contribution in [0, 0.1) is 0 Å². The van der Waals surface area contributed by atoms with E-state index in [9.17, 15) is 9.59 Å². The molecule has 0 radical (unpaired) electrons. The highest BCUT2D eigenvalue weighted by Crippen LogP contribution is 2.32. The van der Waals surface area contributed by atoms with Crippen LogP contribution in [-0.4, -0.2) is 40.3 Å². The Morgan fingerprint density at radius 2 is 2.10 bits per heavy atom. The van der Waals surface area contributed by atoms with Gasteiger partial charge in [0.25, 0.3) is 5.91 Å². The maximum absolute atomic E-state index is 12.4. The molecule has 5 heteroatoms. The van der Waals surface area contributed by atoms with Crippen LogP contribution >= 0.6 is 0 Å². The van der Waals surface area contributed by atoms with Crippen molar-refractivity contribution < 1.29 is 9.59 Å². The predicted molar refractivity (Wildman–Crippen MR) is 76.2 cm³/mol. The van der Waals surface area contributed by atoms with E-state index in [1.807, 2.05) is 6.92 Å². The van der Waals surface area contributed by atoms with Gasteiger partial charge >= 0.3 is 0 Å². The molecule has 0 saturated carbocycles. The lowest BCUT2D eigenvalue weighted by Gasteiger charge is -2.49. The summed E-state index contributed by atoms with van der Waals surface area (Å²) in [6.45, 7) is 5.20. The molecule has 1 aliphatic heterocycles. The van der Waals surface area contributed by atoms with Crippen LogP contribution in [0.3, 0.4) is 0 Å². The lowest BCUT2D eigenvalue weighted by atomic mass is 9.84. The van der Waals surface area contributed by atoms with Crippen molar-refractivity contribution >= 4 is 11.8 Å². The molecule has 2 heterocycles. The van der Waals surface area contributed by atoms with Crippen LogP contribution in [0.15, 0.2) is 24.5 Å². The molecule has 0 spiro atoms. The molecule has 0 aromatic carbocycles. The minimum Gasteiger partial charge on any atom is -0.354 e. The zero-order valence-corrected chi connectivity index (χ0v) is 12.1. The predicted octanol–water partition coefficient (Wildman–Crippen LogP) is 1.60. The number of rotatable bonds is 5. The van der Waals surface area contributed by atoms with E-state index < -0.39 is 5.54 Å². The second-order valence-corrected chi connectivity index (χ2v) is 5.33. The monoisotopic (exact) mass is 275 g/mol. The van der Waals surface area contributed by atoms with Crippen LogP contribution in [0.5, 0.6) is 0 Å². The first kappa shape index (κ1) is 14.5. The number of amides is 2. The van der Waals surface area contributed by atoms with Gasteiger partial charge in [-0.25, -0.2) is 0 Å². The molecule has 1 saturated heterocycles. The van der Waals surface area contributed by atoms with E-state index in [0.717, 1.165) is 12.8 Å². The van der Waals surface area contributed by atoms with Gasteiger partial charge in [-0.05, 0) is 31.9 Å². The van der Waals surface area contributed by atoms with Crippen LogP contribution in [-0.2, 0) is 4.79 Å². The van der Waals surface area contributed by atoms with E-state index in [1.54, 1.807) is 29.4 Å². The summed E-state index contributed by atoms with van der Waals surface area (Å²) >= 11 is 0. The highest BCUT2D eigenvalue weighted by atomic mass is 16.2. The Morgan fingerprint density at radius 3 is 2.65 bits per heavy atom. The van der Waals surface area contributed by atoms with E-state index in [-0.39, 0.29) is 11.8 Å². The molecular formula is C15H21N3O2. The molecule has 2 rings (SSSR count). The third kappa shape index (κ3) is 2.66. The summed E-state index contributed by atoms with van der Waals surface area (Å²) in [5, 5.41) is 2.92. The van der Waals surface area contributed by atoms with Crippen molar-refractivity contribution in [2.24, 2.45) is 0 Å². The van der Waals surface area contributed by atoms with Gasteiger partial charge in [0.1, 0.15) is 5.54 Å². The molecule has 1 aliphatic rings. The molecule has 5 nitrogen and oxygen atoms in total. The largest absolute Gasteiger partial charge is 0.354 e. The summed E-state index contributed by atoms with van der Waals surface area (Å²) in [7, 11) is 0. The van der Waals surface area contributed by atoms with Crippen LogP contribution in [0.2, 0.25) is 0 Å². The molecule has 1 N–H and O–H groups in total. The maximum Gasteiger partial charge on any atom is 0.254 e. The molecule has 0 aliphatic carbocycles. The normalized spacial score (nSPS) is 21.2. The number of aromatic nitrogens is 1. The van der Waals surface area contributed by atoms with E-state index in [4.69, 9.17) is 0 Å². The summed E-state index contributed by atoms with van der Waals surface area (Å²) in [6, 6.07) is 3.35. The molecule has 108 valence electrons. The minimum absolute atomic E-state index is 0.0559. The Labute approximate surface area is 119 Å². The second kappa shape index (κ2) is 6.03. The fourth-order valence-corrected chi connectivity index (χ4v) is 2.34. The lowest BCUT2D eigenvalue weighted by molar-refractivity contribution is -0.137. The molecule has 20 heavy (non-hydrogen) atoms. The highest BCUT2D eigenvalue weighted by molar-refractivity contribution is 6.00. The van der Waals surface area contributed by atoms with Crippen molar-refractivity contribution in [1.29, 1.82) is 0 Å². The van der Waals surface area contributed by atoms with E-state index in [0.29, 0.717) is 25.1 Å². The Kier molecular flexibility index (Phi) is 4.37. The molecular weight excluding hydrogens is 254 g/mol. The zero-order chi connectivity index (χ0) is 14.6. The van der Waals surface area contributed by atoms with E-state index >= 15 is 0 Å². The van der Waals surface area contributed by atoms with E-state index in [1.165, 1.54) is 0 Å². The molecule has 1 unspecified atom stereocenters. The quantitative estimate of drug-likeness (QED) is 0.830. The average molecular weight is 275 g/mol. The summed E-state index contributed by atoms with van der Waals surface area (Å²) in [5.41, 5.74) is -0.138. The minimum atomic E-state index is -0.714. The van der Waals surface area contributed by atoms with Gasteiger partial charge in [0.15, 0.2) is 0 Å². The van der Waals surface area contributed by atoms with Crippen molar-refractivity contribution in [2.75, 3.05) is 13.1 Å². The number of pyridine rings is 1. The van der Waals surface area contributed by atoms with Gasteiger partial charge in [-0.1, -0.05) is 13.3 Å². The van der Waals surface area contributed by atoms with Gasteiger partial charge in [0.05, 0.1) is 0 Å². The number of nitrogens with zero attached hydrogens (tertiary/aromatic N) is 2. The van der Waals surface area contributed by atoms with Crippen molar-refractivity contribution in [3.05, 3.63) is 30.1 Å². The van der Waals surface area contributed by atoms with E-state index in [2.05, 4.69) is 17.2 Å². The Balaban J connectivity index is 2.03. The van der Waals surface area contributed by atoms with Gasteiger partial charge in [0.2, 0.25) is 5.91 Å². The third-order valence-corrected chi connectivity index (χ3v) is 3.90. The fourth-order valence-electron chi connectivity index (χ4n) is 2.34. The zero-order valence-electron chi connectivity index (χ0n) is 12.1. The van der Waals surface area contributed by atoms with Gasteiger partial charge in [-0.2, -0.15) is 0 Å². The Bertz CT molecular complexity index is 489. The Hall–Kier alpha value is -1.91. The summed E-state index contributed by atoms with van der Waals surface area (Å²) in [6.07, 6.45) is 5.88. The lowest BCUT2D eigenvalue weighted by Crippen LogP contribution is -2.67. The second-order valence-electron chi connectivity index (χ2n) is 5.33. The molecule has 1 fully saturated rings. The number of nitrogens with one attached hydrogen (secondary N) is 1. The number of hydrogen-bond acceptors (Lipinski definition) is 3. The van der Waals surface area contributed by atoms with Crippen molar-refractivity contribution in [1.82, 2.24) is 15.2 Å². The SMILES string of the molecule is CCCCNC(=O)C1(C)CCN1C(=O)c1ccncc1. The fraction of sp³-hybridized carbons (Fsp3) is 0.533. The van der Waals surface area contributed by atoms with Gasteiger partial charge < -0.3 is 10.2 Å². The average Bonchev–Trinajstić information content (AvgIpc) is 2.46. The first-order valence-electron chi connectivity index (χ1n) is 7.10. The summed E-state index contributed by atoms with van der Waals surface area (Å²) in [5.74, 6) is -0.161. The Morgan fingerprint density at radius 1 is 1.40 bits per heavy atom. The van der Waals surface area contributed by atoms with Crippen LogP contribution in [0.25, 0.3) is 0 Å². The smallest absolute Gasteiger partial charge is 0.254 e. The molecule has 1 aromatic rings. The van der Waals surface area contributed by atoms with Crippen LogP contribution < -0.4 is 5.32 Å². The van der Waals surface area contributed by atoms with Crippen molar-refractivity contribution in [3.63, 3.8) is 0 Å². The van der Waals surface area contributed by atoms with Crippen molar-refractivity contribution in [3.8, 4) is 0 Å². The molecule has 0 bridgehead atoms. The van der Waals surface area contributed by atoms with Crippen molar-refractivity contribution in [2.45, 2.75) is 38.6 Å². The third-order valence-electron chi connectivity index (χ3n) is 3.90. The first-order valence-corrected chi connectivity index (χ1v) is 7.10. The molecule has 2 amide bonds. The van der Waals surface area contributed by atoms with Gasteiger partial charge in [-0.3, -0.25) is 14.6 Å². The molecule has 1 aromatic heterocycles. The number of likely N-dealkylation sites (tertiary alicyclic amines) is 1. The number of unbranched alkanes of at least 4 members (excludes halogenated alkanes) is 1. The highest BCUT2D eigenvalue weighted by Gasteiger charge is 2.49. The number of carbonyl (C=O) groups is 2. The van der Waals surface area contributed by atoms with Gasteiger partial charge in [0, 0.05) is 31.0 Å². The van der Waals surface area contributed by atoms with Crippen LogP contribution in [0.4, 0.5) is 0 Å². The first-order chi connectivity index (χ1) is 9.59. The summed E-state index contributed by atoms with van der Waals surface area (Å²) in [4.78, 5) is 30.2. The topological polar surface area (TPSA) is 62.3 Å².